The number of amides is 2. The van der Waals surface area contributed by atoms with Crippen molar-refractivity contribution in [1.82, 2.24) is 20.2 Å². The zero-order chi connectivity index (χ0) is 35.3. The standard InChI is InChI=1S/C35H49FN4O7S/c1-23-21-40(22-45-17-18-48(5,6)7)30-29(23)28(13-16-37-30)46-27-12-11-24(19-25(27)36)20-26(38-33(44)47-34(2,3)4)31(41)39-35(32(42)43)14-9-8-10-15-35/h11-13,16,19,21,26H,8-10,14-15,17-18,20,22H2,1-7H3,(H,38,44)(H,39,41)(H,42,43)/t26-/m0/s1. The molecule has 48 heavy (non-hydrogen) atoms. The Morgan fingerprint density at radius 1 is 1.10 bits per heavy atom. The van der Waals surface area contributed by atoms with E-state index < -0.39 is 51.0 Å². The van der Waals surface area contributed by atoms with Gasteiger partial charge in [-0.15, -0.1) is 0 Å². The van der Waals surface area contributed by atoms with E-state index in [2.05, 4.69) is 34.4 Å². The number of aliphatic carboxylic acids is 1. The van der Waals surface area contributed by atoms with Crippen LogP contribution in [0.5, 0.6) is 11.5 Å². The van der Waals surface area contributed by atoms with Crippen LogP contribution < -0.4 is 15.4 Å². The van der Waals surface area contributed by atoms with Crippen LogP contribution in [0.4, 0.5) is 9.18 Å². The van der Waals surface area contributed by atoms with Crippen LogP contribution in [-0.2, 0) is 32.2 Å². The third-order valence-corrected chi connectivity index (χ3v) is 9.51. The van der Waals surface area contributed by atoms with Gasteiger partial charge in [0.1, 0.15) is 35.3 Å². The van der Waals surface area contributed by atoms with Crippen molar-refractivity contribution < 1.29 is 38.1 Å². The summed E-state index contributed by atoms with van der Waals surface area (Å²) in [5.41, 5.74) is -0.322. The minimum Gasteiger partial charge on any atom is -0.480 e. The minimum absolute atomic E-state index is 0.0315. The first-order chi connectivity index (χ1) is 22.5. The predicted molar refractivity (Wildman–Crippen MR) is 186 cm³/mol. The van der Waals surface area contributed by atoms with Crippen molar-refractivity contribution in [2.75, 3.05) is 31.1 Å². The monoisotopic (exact) mass is 688 g/mol. The number of carbonyl (C=O) groups is 3. The van der Waals surface area contributed by atoms with Gasteiger partial charge in [0.2, 0.25) is 5.91 Å². The van der Waals surface area contributed by atoms with Crippen molar-refractivity contribution in [3.05, 3.63) is 53.6 Å². The SMILES string of the molecule is Cc1cn(COCCS(C)(C)C)c2nccc(Oc3ccc(C[C@H](NC(=O)OC(C)(C)C)C(=O)NC4(C(=O)O)CCCCC4)cc3F)c12. The Balaban J connectivity index is 1.53. The Bertz CT molecular complexity index is 1620. The number of nitrogens with one attached hydrogen (secondary N) is 2. The second-order valence-electron chi connectivity index (χ2n) is 14.3. The van der Waals surface area contributed by atoms with E-state index in [-0.39, 0.29) is 25.0 Å². The van der Waals surface area contributed by atoms with E-state index in [4.69, 9.17) is 14.2 Å². The fraction of sp³-hybridized carbons (Fsp3) is 0.543. The molecule has 13 heteroatoms. The van der Waals surface area contributed by atoms with Gasteiger partial charge in [-0.25, -0.2) is 29.0 Å². The van der Waals surface area contributed by atoms with Crippen LogP contribution in [0.2, 0.25) is 0 Å². The largest absolute Gasteiger partial charge is 0.480 e. The number of aryl methyl sites for hydroxylation is 1. The zero-order valence-corrected chi connectivity index (χ0v) is 29.8. The van der Waals surface area contributed by atoms with Gasteiger partial charge in [-0.3, -0.25) is 4.79 Å². The summed E-state index contributed by atoms with van der Waals surface area (Å²) in [5.74, 6) is -1.09. The van der Waals surface area contributed by atoms with Crippen LogP contribution in [0.1, 0.15) is 64.0 Å². The van der Waals surface area contributed by atoms with E-state index in [0.29, 0.717) is 43.1 Å². The summed E-state index contributed by atoms with van der Waals surface area (Å²) in [6, 6.07) is 4.75. The third-order valence-electron chi connectivity index (χ3n) is 8.12. The Kier molecular flexibility index (Phi) is 11.7. The quantitative estimate of drug-likeness (QED) is 0.178. The maximum Gasteiger partial charge on any atom is 0.408 e. The van der Waals surface area contributed by atoms with Crippen molar-refractivity contribution in [3.8, 4) is 11.5 Å². The van der Waals surface area contributed by atoms with Gasteiger partial charge in [0.25, 0.3) is 0 Å². The molecule has 0 radical (unpaired) electrons. The number of carbonyl (C=O) groups excluding carboxylic acids is 2. The fourth-order valence-corrected chi connectivity index (χ4v) is 6.29. The molecule has 1 atom stereocenters. The van der Waals surface area contributed by atoms with Gasteiger partial charge in [0.15, 0.2) is 11.6 Å². The molecular weight excluding hydrogens is 639 g/mol. The van der Waals surface area contributed by atoms with Gasteiger partial charge in [-0.1, -0.05) is 25.3 Å². The number of hydrogen-bond acceptors (Lipinski definition) is 7. The van der Waals surface area contributed by atoms with Crippen molar-refractivity contribution in [2.24, 2.45) is 0 Å². The van der Waals surface area contributed by atoms with Gasteiger partial charge in [-0.05, 0) is 88.6 Å². The Labute approximate surface area is 283 Å². The number of alkyl carbamates (subject to hydrolysis) is 1. The summed E-state index contributed by atoms with van der Waals surface area (Å²) in [4.78, 5) is 43.0. The highest BCUT2D eigenvalue weighted by Crippen LogP contribution is 2.35. The molecule has 3 aromatic rings. The van der Waals surface area contributed by atoms with Crippen molar-refractivity contribution in [2.45, 2.75) is 90.1 Å². The smallest absolute Gasteiger partial charge is 0.408 e. The zero-order valence-electron chi connectivity index (χ0n) is 29.0. The lowest BCUT2D eigenvalue weighted by molar-refractivity contribution is -0.149. The molecule has 2 heterocycles. The summed E-state index contributed by atoms with van der Waals surface area (Å²) in [5, 5.41) is 16.0. The maximum absolute atomic E-state index is 15.6. The molecule has 0 aliphatic heterocycles. The number of nitrogens with zero attached hydrogens (tertiary/aromatic N) is 2. The van der Waals surface area contributed by atoms with Gasteiger partial charge >= 0.3 is 12.1 Å². The third kappa shape index (κ3) is 9.85. The number of ether oxygens (including phenoxy) is 3. The maximum atomic E-state index is 15.6. The number of carboxylic acids is 1. The minimum atomic E-state index is -1.43. The predicted octanol–water partition coefficient (Wildman–Crippen LogP) is 6.28. The first-order valence-electron chi connectivity index (χ1n) is 16.2. The summed E-state index contributed by atoms with van der Waals surface area (Å²) in [6.45, 7) is 7.96. The molecule has 1 saturated carbocycles. The van der Waals surface area contributed by atoms with E-state index in [0.717, 1.165) is 23.1 Å². The molecule has 3 N–H and O–H groups in total. The number of carboxylic acid groups (broad SMARTS) is 1. The van der Waals surface area contributed by atoms with E-state index in [9.17, 15) is 19.5 Å². The molecule has 264 valence electrons. The molecule has 2 amide bonds. The molecule has 2 aromatic heterocycles. The van der Waals surface area contributed by atoms with Crippen LogP contribution in [0, 0.1) is 12.7 Å². The molecule has 11 nitrogen and oxygen atoms in total. The lowest BCUT2D eigenvalue weighted by Gasteiger charge is -2.35. The van der Waals surface area contributed by atoms with E-state index in [1.54, 1.807) is 39.1 Å². The number of benzene rings is 1. The number of aromatic nitrogens is 2. The topological polar surface area (TPSA) is 141 Å². The Hall–Kier alpha value is -3.84. The van der Waals surface area contributed by atoms with E-state index >= 15 is 4.39 Å². The van der Waals surface area contributed by atoms with Gasteiger partial charge in [-0.2, -0.15) is 0 Å². The highest BCUT2D eigenvalue weighted by molar-refractivity contribution is 8.32. The van der Waals surface area contributed by atoms with Gasteiger partial charge in [0, 0.05) is 24.6 Å². The van der Waals surface area contributed by atoms with Crippen molar-refractivity contribution in [1.29, 1.82) is 0 Å². The van der Waals surface area contributed by atoms with Gasteiger partial charge < -0.3 is 34.5 Å². The lowest BCUT2D eigenvalue weighted by atomic mass is 9.81. The molecule has 1 aromatic carbocycles. The van der Waals surface area contributed by atoms with E-state index in [1.165, 1.54) is 12.1 Å². The molecule has 1 aliphatic rings. The Morgan fingerprint density at radius 3 is 2.44 bits per heavy atom. The molecule has 0 unspecified atom stereocenters. The molecular formula is C35H49FN4O7S. The number of fused-ring (bicyclic) bond motifs is 1. The van der Waals surface area contributed by atoms with Crippen LogP contribution >= 0.6 is 10.0 Å². The number of halogens is 1. The first-order valence-corrected chi connectivity index (χ1v) is 19.2. The van der Waals surface area contributed by atoms with Crippen LogP contribution in [0.15, 0.2) is 36.7 Å². The molecule has 0 spiro atoms. The Morgan fingerprint density at radius 2 is 1.81 bits per heavy atom. The fourth-order valence-electron chi connectivity index (χ4n) is 5.67. The second-order valence-corrected chi connectivity index (χ2v) is 18.9. The molecule has 1 fully saturated rings. The number of hydrogen-bond donors (Lipinski definition) is 3. The van der Waals surface area contributed by atoms with Crippen LogP contribution in [-0.4, -0.2) is 80.9 Å². The summed E-state index contributed by atoms with van der Waals surface area (Å²) in [7, 11) is -0.670. The molecule has 0 saturated heterocycles. The molecule has 1 aliphatic carbocycles. The molecule has 4 rings (SSSR count). The number of pyridine rings is 1. The molecule has 0 bridgehead atoms. The van der Waals surface area contributed by atoms with E-state index in [1.807, 2.05) is 17.7 Å². The van der Waals surface area contributed by atoms with Crippen LogP contribution in [0.25, 0.3) is 11.0 Å². The van der Waals surface area contributed by atoms with Gasteiger partial charge in [0.05, 0.1) is 12.0 Å². The van der Waals surface area contributed by atoms with Crippen molar-refractivity contribution >= 4 is 39.0 Å². The summed E-state index contributed by atoms with van der Waals surface area (Å²) < 4.78 is 34.8. The lowest BCUT2D eigenvalue weighted by Crippen LogP contribution is -2.60. The summed E-state index contributed by atoms with van der Waals surface area (Å²) >= 11 is 0. The first kappa shape index (κ1) is 37.0. The highest BCUT2D eigenvalue weighted by Gasteiger charge is 2.42. The summed E-state index contributed by atoms with van der Waals surface area (Å²) in [6.07, 6.45) is 12.0. The second kappa shape index (κ2) is 15.1. The van der Waals surface area contributed by atoms with Crippen molar-refractivity contribution in [3.63, 3.8) is 0 Å². The number of rotatable bonds is 13. The van der Waals surface area contributed by atoms with Crippen LogP contribution in [0.3, 0.4) is 0 Å². The average Bonchev–Trinajstić information content (AvgIpc) is 3.31. The average molecular weight is 689 g/mol. The normalized spacial score (nSPS) is 15.8. The highest BCUT2D eigenvalue weighted by atomic mass is 32.3.